The van der Waals surface area contributed by atoms with Gasteiger partial charge in [-0.25, -0.2) is 4.79 Å². The molecule has 2 aromatic carbocycles. The number of hydrogen-bond acceptors (Lipinski definition) is 4. The summed E-state index contributed by atoms with van der Waals surface area (Å²) in [6.07, 6.45) is 0. The second kappa shape index (κ2) is 5.97. The average molecular weight is 273 g/mol. The van der Waals surface area contributed by atoms with Crippen LogP contribution < -0.4 is 15.2 Å². The molecule has 0 amide bonds. The molecular formula is C15H15NO4. The Labute approximate surface area is 116 Å². The molecule has 5 nitrogen and oxygen atoms in total. The first-order valence-electron chi connectivity index (χ1n) is 6.00. The quantitative estimate of drug-likeness (QED) is 0.818. The van der Waals surface area contributed by atoms with Crippen molar-refractivity contribution in [1.82, 2.24) is 0 Å². The Morgan fingerprint density at radius 2 is 1.90 bits per heavy atom. The molecule has 0 aromatic heterocycles. The number of methoxy groups -OCH3 is 1. The van der Waals surface area contributed by atoms with Gasteiger partial charge < -0.3 is 20.3 Å². The lowest BCUT2D eigenvalue weighted by molar-refractivity contribution is 0.0692. The van der Waals surface area contributed by atoms with Crippen LogP contribution >= 0.6 is 0 Å². The zero-order valence-corrected chi connectivity index (χ0v) is 11.0. The molecule has 0 bridgehead atoms. The Balaban J connectivity index is 2.34. The summed E-state index contributed by atoms with van der Waals surface area (Å²) in [4.78, 5) is 11.3. The van der Waals surface area contributed by atoms with Crippen LogP contribution in [0.4, 0.5) is 5.69 Å². The van der Waals surface area contributed by atoms with Crippen molar-refractivity contribution < 1.29 is 19.4 Å². The largest absolute Gasteiger partial charge is 0.493 e. The Bertz CT molecular complexity index is 611. The van der Waals surface area contributed by atoms with Crippen molar-refractivity contribution in [3.8, 4) is 11.5 Å². The molecule has 0 atom stereocenters. The molecular weight excluding hydrogens is 258 g/mol. The molecule has 0 aliphatic rings. The summed E-state index contributed by atoms with van der Waals surface area (Å²) in [6, 6.07) is 12.5. The molecule has 2 rings (SSSR count). The summed E-state index contributed by atoms with van der Waals surface area (Å²) in [5.74, 6) is -0.666. The maximum atomic E-state index is 11.3. The molecule has 0 aliphatic carbocycles. The first kappa shape index (κ1) is 13.7. The maximum absolute atomic E-state index is 11.3. The van der Waals surface area contributed by atoms with Crippen LogP contribution in [0.3, 0.4) is 0 Å². The van der Waals surface area contributed by atoms with E-state index in [4.69, 9.17) is 15.2 Å². The van der Waals surface area contributed by atoms with E-state index in [2.05, 4.69) is 0 Å². The molecule has 0 radical (unpaired) electrons. The van der Waals surface area contributed by atoms with Gasteiger partial charge in [0.15, 0.2) is 11.5 Å². The maximum Gasteiger partial charge on any atom is 0.341 e. The second-order valence-electron chi connectivity index (χ2n) is 4.14. The van der Waals surface area contributed by atoms with Crippen molar-refractivity contribution in [3.05, 3.63) is 53.6 Å². The van der Waals surface area contributed by atoms with Crippen LogP contribution in [-0.4, -0.2) is 18.2 Å². The molecule has 0 fully saturated rings. The van der Waals surface area contributed by atoms with E-state index in [1.807, 2.05) is 30.3 Å². The van der Waals surface area contributed by atoms with Crippen LogP contribution in [0.1, 0.15) is 15.9 Å². The highest BCUT2D eigenvalue weighted by Crippen LogP contribution is 2.35. The Morgan fingerprint density at radius 1 is 1.20 bits per heavy atom. The van der Waals surface area contributed by atoms with E-state index < -0.39 is 5.97 Å². The lowest BCUT2D eigenvalue weighted by Crippen LogP contribution is -2.08. The number of nitrogen functional groups attached to an aromatic ring is 1. The summed E-state index contributed by atoms with van der Waals surface area (Å²) < 4.78 is 10.7. The van der Waals surface area contributed by atoms with Gasteiger partial charge in [0, 0.05) is 0 Å². The molecule has 0 unspecified atom stereocenters. The fraction of sp³-hybridized carbons (Fsp3) is 0.133. The van der Waals surface area contributed by atoms with Crippen molar-refractivity contribution in [2.45, 2.75) is 6.61 Å². The van der Waals surface area contributed by atoms with E-state index in [1.165, 1.54) is 13.2 Å². The number of nitrogens with two attached hydrogens (primary N) is 1. The average Bonchev–Trinajstić information content (AvgIpc) is 2.45. The number of hydrogen-bond donors (Lipinski definition) is 2. The minimum absolute atomic E-state index is 0.0831. The third-order valence-corrected chi connectivity index (χ3v) is 2.81. The predicted molar refractivity (Wildman–Crippen MR) is 75.1 cm³/mol. The van der Waals surface area contributed by atoms with Gasteiger partial charge in [-0.05, 0) is 17.7 Å². The molecule has 5 heteroatoms. The molecule has 0 saturated heterocycles. The predicted octanol–water partition coefficient (Wildman–Crippen LogP) is 2.55. The van der Waals surface area contributed by atoms with Crippen molar-refractivity contribution in [2.24, 2.45) is 0 Å². The number of aromatic carboxylic acids is 1. The van der Waals surface area contributed by atoms with E-state index in [0.717, 1.165) is 5.56 Å². The van der Waals surface area contributed by atoms with E-state index >= 15 is 0 Å². The third-order valence-electron chi connectivity index (χ3n) is 2.81. The van der Waals surface area contributed by atoms with Gasteiger partial charge in [-0.2, -0.15) is 0 Å². The van der Waals surface area contributed by atoms with E-state index in [0.29, 0.717) is 5.75 Å². The van der Waals surface area contributed by atoms with Crippen molar-refractivity contribution >= 4 is 11.7 Å². The van der Waals surface area contributed by atoms with E-state index in [1.54, 1.807) is 6.07 Å². The van der Waals surface area contributed by atoms with Crippen molar-refractivity contribution in [1.29, 1.82) is 0 Å². The van der Waals surface area contributed by atoms with Gasteiger partial charge in [0.2, 0.25) is 0 Å². The summed E-state index contributed by atoms with van der Waals surface area (Å²) in [7, 11) is 1.45. The van der Waals surface area contributed by atoms with E-state index in [9.17, 15) is 9.90 Å². The van der Waals surface area contributed by atoms with Crippen LogP contribution in [0.5, 0.6) is 11.5 Å². The standard InChI is InChI=1S/C15H15NO4/c1-19-12-8-7-11(16)13(15(17)18)14(12)20-9-10-5-3-2-4-6-10/h2-8H,9,16H2,1H3,(H,17,18). The number of carboxylic acids is 1. The molecule has 2 aromatic rings. The van der Waals surface area contributed by atoms with Gasteiger partial charge in [0.05, 0.1) is 12.8 Å². The number of carboxylic acid groups (broad SMARTS) is 1. The number of benzene rings is 2. The molecule has 20 heavy (non-hydrogen) atoms. The summed E-state index contributed by atoms with van der Waals surface area (Å²) in [6.45, 7) is 0.237. The number of ether oxygens (including phenoxy) is 2. The van der Waals surface area contributed by atoms with Gasteiger partial charge in [-0.15, -0.1) is 0 Å². The zero-order valence-electron chi connectivity index (χ0n) is 11.0. The fourth-order valence-electron chi connectivity index (χ4n) is 1.83. The Hall–Kier alpha value is -2.69. The monoisotopic (exact) mass is 273 g/mol. The van der Waals surface area contributed by atoms with Gasteiger partial charge in [0.1, 0.15) is 12.2 Å². The van der Waals surface area contributed by atoms with Gasteiger partial charge in [0.25, 0.3) is 0 Å². The first-order valence-corrected chi connectivity index (χ1v) is 6.00. The van der Waals surface area contributed by atoms with Crippen LogP contribution in [0, 0.1) is 0 Å². The lowest BCUT2D eigenvalue weighted by Gasteiger charge is -2.14. The summed E-state index contributed by atoms with van der Waals surface area (Å²) in [5, 5.41) is 9.25. The van der Waals surface area contributed by atoms with Crippen LogP contribution in [0.15, 0.2) is 42.5 Å². The first-order chi connectivity index (χ1) is 9.63. The molecule has 0 saturated carbocycles. The highest BCUT2D eigenvalue weighted by Gasteiger charge is 2.20. The van der Waals surface area contributed by atoms with Crippen LogP contribution in [0.2, 0.25) is 0 Å². The highest BCUT2D eigenvalue weighted by molar-refractivity contribution is 5.97. The molecule has 104 valence electrons. The Morgan fingerprint density at radius 3 is 2.50 bits per heavy atom. The molecule has 3 N–H and O–H groups in total. The van der Waals surface area contributed by atoms with Crippen LogP contribution in [0.25, 0.3) is 0 Å². The van der Waals surface area contributed by atoms with Gasteiger partial charge >= 0.3 is 5.97 Å². The number of anilines is 1. The molecule has 0 spiro atoms. The summed E-state index contributed by atoms with van der Waals surface area (Å²) in [5.41, 5.74) is 6.68. The minimum Gasteiger partial charge on any atom is -0.493 e. The number of carbonyl (C=O) groups is 1. The normalized spacial score (nSPS) is 10.1. The highest BCUT2D eigenvalue weighted by atomic mass is 16.5. The Kier molecular flexibility index (Phi) is 4.10. The van der Waals surface area contributed by atoms with Crippen molar-refractivity contribution in [3.63, 3.8) is 0 Å². The topological polar surface area (TPSA) is 81.8 Å². The third kappa shape index (κ3) is 2.83. The smallest absolute Gasteiger partial charge is 0.341 e. The minimum atomic E-state index is -1.15. The zero-order chi connectivity index (χ0) is 14.5. The van der Waals surface area contributed by atoms with Crippen LogP contribution in [-0.2, 0) is 6.61 Å². The molecule has 0 aliphatic heterocycles. The summed E-state index contributed by atoms with van der Waals surface area (Å²) >= 11 is 0. The van der Waals surface area contributed by atoms with E-state index in [-0.39, 0.29) is 23.6 Å². The lowest BCUT2D eigenvalue weighted by atomic mass is 10.1. The second-order valence-corrected chi connectivity index (χ2v) is 4.14. The van der Waals surface area contributed by atoms with Crippen molar-refractivity contribution in [2.75, 3.05) is 12.8 Å². The van der Waals surface area contributed by atoms with Gasteiger partial charge in [-0.1, -0.05) is 30.3 Å². The van der Waals surface area contributed by atoms with Gasteiger partial charge in [-0.3, -0.25) is 0 Å². The number of rotatable bonds is 5. The molecule has 0 heterocycles. The fourth-order valence-corrected chi connectivity index (χ4v) is 1.83. The SMILES string of the molecule is COc1ccc(N)c(C(=O)O)c1OCc1ccccc1.